The van der Waals surface area contributed by atoms with Gasteiger partial charge in [0.05, 0.1) is 5.56 Å². The number of hydrogen-bond donors (Lipinski definition) is 0. The van der Waals surface area contributed by atoms with Crippen molar-refractivity contribution in [2.24, 2.45) is 7.05 Å². The van der Waals surface area contributed by atoms with Crippen molar-refractivity contribution < 1.29 is 13.4 Å². The van der Waals surface area contributed by atoms with Crippen LogP contribution in [0.5, 0.6) is 0 Å². The van der Waals surface area contributed by atoms with Crippen LogP contribution in [0.25, 0.3) is 33.3 Å². The van der Waals surface area contributed by atoms with Crippen molar-refractivity contribution in [3.05, 3.63) is 59.2 Å². The molecule has 120 valence electrons. The molecule has 0 unspecified atom stereocenters. The summed E-state index contributed by atoms with van der Waals surface area (Å²) in [7, 11) is 2.02. The second-order valence-corrected chi connectivity index (χ2v) is 6.38. The summed E-state index contributed by atoms with van der Waals surface area (Å²) in [6.07, 6.45) is 2.08. The third kappa shape index (κ3) is 2.10. The Kier molecular flexibility index (Phi) is 3.17. The van der Waals surface area contributed by atoms with E-state index >= 15 is 0 Å². The van der Waals surface area contributed by atoms with Crippen molar-refractivity contribution in [2.45, 2.75) is 20.8 Å². The first kappa shape index (κ1) is 14.8. The molecule has 4 aromatic rings. The highest BCUT2D eigenvalue weighted by molar-refractivity contribution is 6.10. The highest BCUT2D eigenvalue weighted by Gasteiger charge is 2.22. The Morgan fingerprint density at radius 1 is 1.04 bits per heavy atom. The first-order chi connectivity index (χ1) is 11.5. The Morgan fingerprint density at radius 2 is 1.83 bits per heavy atom. The molecule has 0 amide bonds. The third-order valence-corrected chi connectivity index (χ3v) is 4.51. The highest BCUT2D eigenvalue weighted by atomic mass is 19.1. The summed E-state index contributed by atoms with van der Waals surface area (Å²) in [6.45, 7) is 6.19. The van der Waals surface area contributed by atoms with E-state index in [9.17, 15) is 4.39 Å². The zero-order valence-corrected chi connectivity index (χ0v) is 14.1. The van der Waals surface area contributed by atoms with Crippen molar-refractivity contribution in [1.29, 1.82) is 0 Å². The predicted octanol–water partition coefficient (Wildman–Crippen LogP) is 4.54. The molecule has 3 nitrogen and oxygen atoms in total. The molecular formula is C20H18FN2O+. The van der Waals surface area contributed by atoms with Gasteiger partial charge in [-0.3, -0.25) is 0 Å². The van der Waals surface area contributed by atoms with Gasteiger partial charge in [0.25, 0.3) is 0 Å². The molecule has 4 rings (SSSR count). The van der Waals surface area contributed by atoms with E-state index in [0.717, 1.165) is 38.7 Å². The van der Waals surface area contributed by atoms with Crippen molar-refractivity contribution in [3.8, 4) is 11.3 Å². The van der Waals surface area contributed by atoms with Crippen LogP contribution in [0, 0.1) is 26.7 Å². The zero-order valence-electron chi connectivity index (χ0n) is 14.1. The van der Waals surface area contributed by atoms with Crippen molar-refractivity contribution in [2.75, 3.05) is 0 Å². The largest absolute Gasteiger partial charge is 0.437 e. The summed E-state index contributed by atoms with van der Waals surface area (Å²) in [5.74, 6) is -0.529. The summed E-state index contributed by atoms with van der Waals surface area (Å²) in [6, 6.07) is 9.44. The monoisotopic (exact) mass is 321 g/mol. The van der Waals surface area contributed by atoms with Crippen LogP contribution < -0.4 is 4.57 Å². The molecule has 0 aliphatic heterocycles. The maximum absolute atomic E-state index is 13.5. The Balaban J connectivity index is 2.17. The lowest BCUT2D eigenvalue weighted by Crippen LogP contribution is -2.31. The molecule has 0 spiro atoms. The maximum Gasteiger partial charge on any atom is 0.229 e. The van der Waals surface area contributed by atoms with Crippen LogP contribution in [0.1, 0.15) is 16.7 Å². The van der Waals surface area contributed by atoms with E-state index in [1.165, 1.54) is 11.6 Å². The lowest BCUT2D eigenvalue weighted by atomic mass is 9.97. The van der Waals surface area contributed by atoms with Crippen LogP contribution in [0.15, 0.2) is 40.9 Å². The summed E-state index contributed by atoms with van der Waals surface area (Å²) in [4.78, 5) is 3.91. The Labute approximate surface area is 139 Å². The fraction of sp³-hybridized carbons (Fsp3) is 0.200. The number of aryl methyl sites for hydroxylation is 4. The molecule has 0 saturated carbocycles. The fourth-order valence-corrected chi connectivity index (χ4v) is 3.50. The van der Waals surface area contributed by atoms with Gasteiger partial charge in [-0.1, -0.05) is 6.07 Å². The molecule has 0 aliphatic carbocycles. The van der Waals surface area contributed by atoms with Gasteiger partial charge in [-0.2, -0.15) is 9.37 Å². The summed E-state index contributed by atoms with van der Waals surface area (Å²) in [5, 5.41) is 1.85. The molecular weight excluding hydrogens is 303 g/mol. The average molecular weight is 321 g/mol. The molecule has 0 bridgehead atoms. The van der Waals surface area contributed by atoms with E-state index in [4.69, 9.17) is 4.42 Å². The minimum atomic E-state index is -0.529. The second-order valence-electron chi connectivity index (χ2n) is 6.38. The molecule has 0 atom stereocenters. The van der Waals surface area contributed by atoms with Crippen LogP contribution >= 0.6 is 0 Å². The number of pyridine rings is 2. The first-order valence-electron chi connectivity index (χ1n) is 7.91. The number of aromatic nitrogens is 2. The Hall–Kier alpha value is -2.75. The number of nitrogens with zero attached hydrogens (tertiary/aromatic N) is 2. The van der Waals surface area contributed by atoms with E-state index in [1.54, 1.807) is 6.07 Å². The summed E-state index contributed by atoms with van der Waals surface area (Å²) >= 11 is 0. The third-order valence-electron chi connectivity index (χ3n) is 4.51. The van der Waals surface area contributed by atoms with Gasteiger partial charge >= 0.3 is 0 Å². The van der Waals surface area contributed by atoms with E-state index in [1.807, 2.05) is 14.0 Å². The normalized spacial score (nSPS) is 11.5. The molecule has 3 aromatic heterocycles. The second kappa shape index (κ2) is 5.13. The summed E-state index contributed by atoms with van der Waals surface area (Å²) < 4.78 is 21.6. The van der Waals surface area contributed by atoms with E-state index in [0.29, 0.717) is 5.71 Å². The maximum atomic E-state index is 13.5. The van der Waals surface area contributed by atoms with E-state index in [2.05, 4.69) is 47.8 Å². The van der Waals surface area contributed by atoms with Crippen molar-refractivity contribution in [3.63, 3.8) is 0 Å². The van der Waals surface area contributed by atoms with Crippen LogP contribution in [-0.2, 0) is 7.05 Å². The van der Waals surface area contributed by atoms with Crippen LogP contribution in [0.3, 0.4) is 0 Å². The molecule has 3 heterocycles. The average Bonchev–Trinajstić information content (AvgIpc) is 2.87. The Morgan fingerprint density at radius 3 is 2.58 bits per heavy atom. The van der Waals surface area contributed by atoms with E-state index in [-0.39, 0.29) is 0 Å². The standard InChI is InChI=1S/C20H18FN2O/c1-11-5-7-15(23(4)10-11)18-13(3)9-12(2)17-14-6-8-16(21)22-20(14)24-19(17)18/h5-10H,1-4H3/q+1. The van der Waals surface area contributed by atoms with Crippen molar-refractivity contribution in [1.82, 2.24) is 4.98 Å². The molecule has 0 aliphatic rings. The van der Waals surface area contributed by atoms with Crippen LogP contribution in [0.2, 0.25) is 0 Å². The number of halogens is 1. The highest BCUT2D eigenvalue weighted by Crippen LogP contribution is 2.38. The van der Waals surface area contributed by atoms with Gasteiger partial charge in [0, 0.05) is 22.4 Å². The predicted molar refractivity (Wildman–Crippen MR) is 92.3 cm³/mol. The summed E-state index contributed by atoms with van der Waals surface area (Å²) in [5.41, 5.74) is 6.61. The topological polar surface area (TPSA) is 29.9 Å². The lowest BCUT2D eigenvalue weighted by molar-refractivity contribution is -0.660. The zero-order chi connectivity index (χ0) is 17.0. The van der Waals surface area contributed by atoms with E-state index < -0.39 is 5.95 Å². The van der Waals surface area contributed by atoms with Gasteiger partial charge < -0.3 is 4.42 Å². The van der Waals surface area contributed by atoms with Crippen LogP contribution in [0.4, 0.5) is 4.39 Å². The molecule has 24 heavy (non-hydrogen) atoms. The molecule has 0 radical (unpaired) electrons. The quantitative estimate of drug-likeness (QED) is 0.381. The minimum Gasteiger partial charge on any atom is -0.437 e. The SMILES string of the molecule is Cc1ccc(-c2c(C)cc(C)c3c2oc2nc(F)ccc23)[n+](C)c1. The Bertz CT molecular complexity index is 1110. The van der Waals surface area contributed by atoms with Gasteiger partial charge in [0.1, 0.15) is 7.05 Å². The minimum absolute atomic E-state index is 0.342. The van der Waals surface area contributed by atoms with Crippen LogP contribution in [-0.4, -0.2) is 4.98 Å². The number of rotatable bonds is 1. The molecule has 0 fully saturated rings. The first-order valence-corrected chi connectivity index (χ1v) is 7.91. The molecule has 4 heteroatoms. The van der Waals surface area contributed by atoms with Gasteiger partial charge in [0.15, 0.2) is 11.8 Å². The number of benzene rings is 1. The van der Waals surface area contributed by atoms with Gasteiger partial charge in [-0.25, -0.2) is 4.57 Å². The lowest BCUT2D eigenvalue weighted by Gasteiger charge is -2.08. The number of fused-ring (bicyclic) bond motifs is 3. The fourth-order valence-electron chi connectivity index (χ4n) is 3.50. The molecule has 0 saturated heterocycles. The molecule has 0 N–H and O–H groups in total. The van der Waals surface area contributed by atoms with Crippen molar-refractivity contribution >= 4 is 22.1 Å². The number of hydrogen-bond acceptors (Lipinski definition) is 2. The van der Waals surface area contributed by atoms with Gasteiger partial charge in [-0.15, -0.1) is 0 Å². The van der Waals surface area contributed by atoms with Gasteiger partial charge in [0.2, 0.25) is 17.4 Å². The smallest absolute Gasteiger partial charge is 0.229 e. The molecule has 1 aromatic carbocycles. The van der Waals surface area contributed by atoms with Gasteiger partial charge in [-0.05, 0) is 50.1 Å². The number of furan rings is 1.